The Labute approximate surface area is 190 Å². The van der Waals surface area contributed by atoms with E-state index >= 15 is 0 Å². The average Bonchev–Trinajstić information content (AvgIpc) is 3.24. The van der Waals surface area contributed by atoms with Crippen LogP contribution in [0.4, 0.5) is 5.69 Å². The van der Waals surface area contributed by atoms with Gasteiger partial charge in [0.2, 0.25) is 0 Å². The first kappa shape index (κ1) is 23.0. The van der Waals surface area contributed by atoms with Crippen molar-refractivity contribution in [2.24, 2.45) is 4.99 Å². The van der Waals surface area contributed by atoms with Crippen LogP contribution < -0.4 is 15.5 Å². The number of guanidine groups is 1. The van der Waals surface area contributed by atoms with E-state index in [-0.39, 0.29) is 24.0 Å². The summed E-state index contributed by atoms with van der Waals surface area (Å²) in [5, 5.41) is 8.89. The van der Waals surface area contributed by atoms with Crippen LogP contribution in [0.1, 0.15) is 18.2 Å². The molecule has 3 rings (SSSR count). The summed E-state index contributed by atoms with van der Waals surface area (Å²) < 4.78 is 0. The molecule has 1 aromatic carbocycles. The zero-order valence-electron chi connectivity index (χ0n) is 16.6. The van der Waals surface area contributed by atoms with Gasteiger partial charge in [0.1, 0.15) is 0 Å². The molecule has 28 heavy (non-hydrogen) atoms. The second kappa shape index (κ2) is 13.0. The Morgan fingerprint density at radius 1 is 1.04 bits per heavy atom. The van der Waals surface area contributed by atoms with Crippen LogP contribution in [-0.2, 0) is 6.54 Å². The molecule has 0 saturated carbocycles. The zero-order valence-corrected chi connectivity index (χ0v) is 19.8. The number of benzene rings is 1. The lowest BCUT2D eigenvalue weighted by atomic mass is 10.2. The molecule has 2 heterocycles. The first-order valence-corrected chi connectivity index (χ1v) is 10.8. The molecule has 0 bridgehead atoms. The van der Waals surface area contributed by atoms with Crippen LogP contribution in [-0.4, -0.2) is 56.7 Å². The Morgan fingerprint density at radius 3 is 2.50 bits per heavy atom. The number of hydrogen-bond donors (Lipinski definition) is 2. The van der Waals surface area contributed by atoms with E-state index in [9.17, 15) is 0 Å². The molecule has 154 valence electrons. The first-order chi connectivity index (χ1) is 13.3. The van der Waals surface area contributed by atoms with E-state index in [0.29, 0.717) is 0 Å². The smallest absolute Gasteiger partial charge is 0.191 e. The highest BCUT2D eigenvalue weighted by Crippen LogP contribution is 2.15. The molecule has 1 aliphatic rings. The highest BCUT2D eigenvalue weighted by Gasteiger charge is 2.16. The van der Waals surface area contributed by atoms with E-state index in [4.69, 9.17) is 0 Å². The van der Waals surface area contributed by atoms with Crippen LogP contribution in [0.25, 0.3) is 0 Å². The van der Waals surface area contributed by atoms with Crippen LogP contribution in [0.5, 0.6) is 0 Å². The number of rotatable bonds is 8. The number of thiophene rings is 1. The van der Waals surface area contributed by atoms with E-state index in [1.807, 2.05) is 0 Å². The maximum Gasteiger partial charge on any atom is 0.191 e. The molecule has 0 atom stereocenters. The van der Waals surface area contributed by atoms with Crippen molar-refractivity contribution in [3.05, 3.63) is 52.7 Å². The van der Waals surface area contributed by atoms with Crippen molar-refractivity contribution in [2.75, 3.05) is 50.7 Å². The van der Waals surface area contributed by atoms with Crippen LogP contribution >= 0.6 is 35.3 Å². The fourth-order valence-corrected chi connectivity index (χ4v) is 3.91. The highest BCUT2D eigenvalue weighted by atomic mass is 127. The molecule has 0 spiro atoms. The van der Waals surface area contributed by atoms with Crippen LogP contribution in [0.15, 0.2) is 52.8 Å². The van der Waals surface area contributed by atoms with Gasteiger partial charge in [-0.3, -0.25) is 4.90 Å². The zero-order chi connectivity index (χ0) is 18.7. The van der Waals surface area contributed by atoms with Crippen LogP contribution in [0.2, 0.25) is 0 Å². The Kier molecular flexibility index (Phi) is 10.7. The molecule has 0 radical (unpaired) electrons. The van der Waals surface area contributed by atoms with Crippen molar-refractivity contribution < 1.29 is 0 Å². The molecule has 2 aromatic rings. The fraction of sp³-hybridized carbons (Fsp3) is 0.476. The Balaban J connectivity index is 0.00000280. The van der Waals surface area contributed by atoms with E-state index in [2.05, 4.69) is 80.2 Å². The third kappa shape index (κ3) is 7.60. The van der Waals surface area contributed by atoms with Crippen molar-refractivity contribution in [2.45, 2.75) is 19.9 Å². The highest BCUT2D eigenvalue weighted by molar-refractivity contribution is 14.0. The molecule has 1 aromatic heterocycles. The minimum absolute atomic E-state index is 0. The van der Waals surface area contributed by atoms with Crippen molar-refractivity contribution in [1.82, 2.24) is 15.5 Å². The predicted octanol–water partition coefficient (Wildman–Crippen LogP) is 3.63. The standard InChI is InChI=1S/C21H31N5S.HI/c1-2-22-21(24-18-20-10-6-17-27-20)23-11-7-12-25-13-15-26(16-14-25)19-8-4-3-5-9-19;/h3-6,8-10,17H,2,7,11-16,18H2,1H3,(H2,22,23,24);1H. The third-order valence-electron chi connectivity index (χ3n) is 4.75. The number of hydrogen-bond acceptors (Lipinski definition) is 4. The molecular formula is C21H32IN5S. The normalized spacial score (nSPS) is 15.2. The summed E-state index contributed by atoms with van der Waals surface area (Å²) in [5.74, 6) is 0.916. The summed E-state index contributed by atoms with van der Waals surface area (Å²) in [5.41, 5.74) is 1.34. The topological polar surface area (TPSA) is 42.9 Å². The summed E-state index contributed by atoms with van der Waals surface area (Å²) in [6.45, 7) is 10.3. The Hall–Kier alpha value is -1.32. The summed E-state index contributed by atoms with van der Waals surface area (Å²) >= 11 is 1.76. The van der Waals surface area contributed by atoms with Gasteiger partial charge in [0.15, 0.2) is 5.96 Å². The van der Waals surface area contributed by atoms with Crippen LogP contribution in [0, 0.1) is 0 Å². The maximum atomic E-state index is 4.67. The van der Waals surface area contributed by atoms with Gasteiger partial charge in [0.25, 0.3) is 0 Å². The number of nitrogens with zero attached hydrogens (tertiary/aromatic N) is 3. The fourth-order valence-electron chi connectivity index (χ4n) is 3.28. The first-order valence-electron chi connectivity index (χ1n) is 9.92. The SMILES string of the molecule is CCNC(=NCc1cccs1)NCCCN1CCN(c2ccccc2)CC1.I. The molecule has 1 aliphatic heterocycles. The van der Waals surface area contributed by atoms with E-state index in [1.165, 1.54) is 10.6 Å². The monoisotopic (exact) mass is 513 g/mol. The molecule has 1 saturated heterocycles. The summed E-state index contributed by atoms with van der Waals surface area (Å²) in [4.78, 5) is 11.0. The van der Waals surface area contributed by atoms with E-state index < -0.39 is 0 Å². The molecule has 2 N–H and O–H groups in total. The third-order valence-corrected chi connectivity index (χ3v) is 5.62. The number of aliphatic imine (C=N–C) groups is 1. The van der Waals surface area contributed by atoms with Gasteiger partial charge in [-0.25, -0.2) is 4.99 Å². The summed E-state index contributed by atoms with van der Waals surface area (Å²) in [7, 11) is 0. The molecule has 5 nitrogen and oxygen atoms in total. The minimum Gasteiger partial charge on any atom is -0.369 e. The van der Waals surface area contributed by atoms with Gasteiger partial charge in [-0.15, -0.1) is 35.3 Å². The van der Waals surface area contributed by atoms with Gasteiger partial charge in [0, 0.05) is 49.8 Å². The number of halogens is 1. The maximum absolute atomic E-state index is 4.67. The van der Waals surface area contributed by atoms with Gasteiger partial charge in [-0.1, -0.05) is 24.3 Å². The van der Waals surface area contributed by atoms with Crippen molar-refractivity contribution in [3.63, 3.8) is 0 Å². The average molecular weight is 513 g/mol. The van der Waals surface area contributed by atoms with E-state index in [0.717, 1.165) is 64.7 Å². The minimum atomic E-state index is 0. The summed E-state index contributed by atoms with van der Waals surface area (Å²) in [6, 6.07) is 14.9. The van der Waals surface area contributed by atoms with E-state index in [1.54, 1.807) is 11.3 Å². The molecule has 0 amide bonds. The van der Waals surface area contributed by atoms with Gasteiger partial charge in [0.05, 0.1) is 6.54 Å². The van der Waals surface area contributed by atoms with Crippen molar-refractivity contribution in [3.8, 4) is 0 Å². The van der Waals surface area contributed by atoms with Gasteiger partial charge in [-0.2, -0.15) is 0 Å². The molecule has 1 fully saturated rings. The number of anilines is 1. The number of piperazine rings is 1. The Bertz CT molecular complexity index is 669. The lowest BCUT2D eigenvalue weighted by molar-refractivity contribution is 0.255. The van der Waals surface area contributed by atoms with Gasteiger partial charge >= 0.3 is 0 Å². The van der Waals surface area contributed by atoms with Gasteiger partial charge < -0.3 is 15.5 Å². The second-order valence-electron chi connectivity index (χ2n) is 6.72. The second-order valence-corrected chi connectivity index (χ2v) is 7.75. The quantitative estimate of drug-likeness (QED) is 0.245. The summed E-state index contributed by atoms with van der Waals surface area (Å²) in [6.07, 6.45) is 1.13. The lowest BCUT2D eigenvalue weighted by Crippen LogP contribution is -2.47. The van der Waals surface area contributed by atoms with Crippen LogP contribution in [0.3, 0.4) is 0 Å². The molecule has 7 heteroatoms. The molecule has 0 unspecified atom stereocenters. The number of nitrogens with one attached hydrogen (secondary N) is 2. The largest absolute Gasteiger partial charge is 0.369 e. The number of para-hydroxylation sites is 1. The van der Waals surface area contributed by atoms with Gasteiger partial charge in [-0.05, 0) is 43.5 Å². The van der Waals surface area contributed by atoms with Crippen molar-refractivity contribution >= 4 is 47.0 Å². The molecule has 0 aliphatic carbocycles. The lowest BCUT2D eigenvalue weighted by Gasteiger charge is -2.36. The Morgan fingerprint density at radius 2 is 1.82 bits per heavy atom. The van der Waals surface area contributed by atoms with Crippen molar-refractivity contribution in [1.29, 1.82) is 0 Å². The molecular weight excluding hydrogens is 481 g/mol. The predicted molar refractivity (Wildman–Crippen MR) is 132 cm³/mol.